The van der Waals surface area contributed by atoms with Crippen LogP contribution in [0.15, 0.2) is 36.4 Å². The SMILES string of the molecule is Cc1ccc(OC[C@@H](O)CNC2CCN(C[C@@H](O)COc3ccc(Cl)c(Cl)c3)CC2)cc1F. The van der Waals surface area contributed by atoms with Crippen molar-refractivity contribution >= 4 is 23.2 Å². The van der Waals surface area contributed by atoms with Crippen molar-refractivity contribution in [3.8, 4) is 11.5 Å². The monoisotopic (exact) mass is 500 g/mol. The number of hydrogen-bond donors (Lipinski definition) is 3. The first-order valence-electron chi connectivity index (χ1n) is 11.1. The van der Waals surface area contributed by atoms with Gasteiger partial charge in [-0.3, -0.25) is 0 Å². The van der Waals surface area contributed by atoms with E-state index in [1.54, 1.807) is 37.3 Å². The van der Waals surface area contributed by atoms with Gasteiger partial charge < -0.3 is 29.9 Å². The van der Waals surface area contributed by atoms with Crippen LogP contribution in [0.2, 0.25) is 10.0 Å². The molecule has 2 atom stereocenters. The van der Waals surface area contributed by atoms with E-state index >= 15 is 0 Å². The third-order valence-electron chi connectivity index (χ3n) is 5.62. The van der Waals surface area contributed by atoms with Gasteiger partial charge in [0.25, 0.3) is 0 Å². The summed E-state index contributed by atoms with van der Waals surface area (Å²) in [6, 6.07) is 9.97. The Balaban J connectivity index is 1.29. The Morgan fingerprint density at radius 1 is 1.00 bits per heavy atom. The van der Waals surface area contributed by atoms with Gasteiger partial charge in [0, 0.05) is 31.3 Å². The zero-order chi connectivity index (χ0) is 23.8. The maximum Gasteiger partial charge on any atom is 0.129 e. The molecule has 6 nitrogen and oxygen atoms in total. The van der Waals surface area contributed by atoms with Gasteiger partial charge in [0.2, 0.25) is 0 Å². The van der Waals surface area contributed by atoms with Crippen LogP contribution in [0.25, 0.3) is 0 Å². The molecule has 33 heavy (non-hydrogen) atoms. The van der Waals surface area contributed by atoms with Crippen LogP contribution in [0.5, 0.6) is 11.5 Å². The fourth-order valence-corrected chi connectivity index (χ4v) is 3.93. The molecular weight excluding hydrogens is 470 g/mol. The average Bonchev–Trinajstić information content (AvgIpc) is 2.80. The number of hydrogen-bond acceptors (Lipinski definition) is 6. The van der Waals surface area contributed by atoms with Crippen molar-refractivity contribution in [1.82, 2.24) is 10.2 Å². The van der Waals surface area contributed by atoms with E-state index in [0.29, 0.717) is 40.2 Å². The molecule has 3 N–H and O–H groups in total. The fourth-order valence-electron chi connectivity index (χ4n) is 3.65. The quantitative estimate of drug-likeness (QED) is 0.437. The summed E-state index contributed by atoms with van der Waals surface area (Å²) in [5.74, 6) is 0.659. The predicted molar refractivity (Wildman–Crippen MR) is 128 cm³/mol. The van der Waals surface area contributed by atoms with Crippen molar-refractivity contribution in [2.75, 3.05) is 39.4 Å². The number of benzene rings is 2. The molecule has 2 aromatic carbocycles. The highest BCUT2D eigenvalue weighted by Gasteiger charge is 2.22. The lowest BCUT2D eigenvalue weighted by molar-refractivity contribution is 0.0556. The summed E-state index contributed by atoms with van der Waals surface area (Å²) >= 11 is 11.9. The van der Waals surface area contributed by atoms with E-state index in [-0.39, 0.29) is 25.1 Å². The second kappa shape index (κ2) is 12.7. The Morgan fingerprint density at radius 3 is 2.30 bits per heavy atom. The molecule has 3 rings (SSSR count). The highest BCUT2D eigenvalue weighted by molar-refractivity contribution is 6.42. The van der Waals surface area contributed by atoms with E-state index in [1.165, 1.54) is 6.07 Å². The minimum absolute atomic E-state index is 0.0966. The summed E-state index contributed by atoms with van der Waals surface area (Å²) in [7, 11) is 0. The molecule has 2 aromatic rings. The van der Waals surface area contributed by atoms with Gasteiger partial charge in [0.1, 0.15) is 42.7 Å². The summed E-state index contributed by atoms with van der Waals surface area (Å²) in [6.45, 7) is 4.58. The molecule has 1 aliphatic heterocycles. The van der Waals surface area contributed by atoms with Gasteiger partial charge >= 0.3 is 0 Å². The zero-order valence-corrected chi connectivity index (χ0v) is 20.2. The molecule has 0 unspecified atom stereocenters. The Hall–Kier alpha value is -1.61. The van der Waals surface area contributed by atoms with Gasteiger partial charge in [-0.05, 0) is 56.6 Å². The zero-order valence-electron chi connectivity index (χ0n) is 18.6. The summed E-state index contributed by atoms with van der Waals surface area (Å²) in [6.07, 6.45) is 0.524. The second-order valence-corrected chi connectivity index (χ2v) is 9.21. The van der Waals surface area contributed by atoms with Crippen LogP contribution in [-0.4, -0.2) is 72.8 Å². The number of β-amino-alcohol motifs (C(OH)–C–C–N with tert-alkyl or cyclic N) is 1. The van der Waals surface area contributed by atoms with Crippen molar-refractivity contribution in [1.29, 1.82) is 0 Å². The van der Waals surface area contributed by atoms with Crippen LogP contribution in [-0.2, 0) is 0 Å². The van der Waals surface area contributed by atoms with Crippen LogP contribution in [0.1, 0.15) is 18.4 Å². The number of aryl methyl sites for hydroxylation is 1. The van der Waals surface area contributed by atoms with E-state index in [4.69, 9.17) is 32.7 Å². The molecule has 0 radical (unpaired) electrons. The predicted octanol–water partition coefficient (Wildman–Crippen LogP) is 3.67. The van der Waals surface area contributed by atoms with Gasteiger partial charge in [-0.1, -0.05) is 29.3 Å². The highest BCUT2D eigenvalue weighted by Crippen LogP contribution is 2.26. The molecule has 0 saturated carbocycles. The maximum absolute atomic E-state index is 13.6. The number of likely N-dealkylation sites (tertiary alicyclic amines) is 1. The van der Waals surface area contributed by atoms with E-state index < -0.39 is 12.2 Å². The first kappa shape index (κ1) is 26.0. The number of nitrogens with one attached hydrogen (secondary N) is 1. The Kier molecular flexibility index (Phi) is 10.0. The van der Waals surface area contributed by atoms with Gasteiger partial charge in [0.05, 0.1) is 10.0 Å². The molecule has 1 aliphatic rings. The number of piperidine rings is 1. The van der Waals surface area contributed by atoms with E-state index in [0.717, 1.165) is 25.9 Å². The van der Waals surface area contributed by atoms with E-state index in [1.807, 2.05) is 0 Å². The first-order chi connectivity index (χ1) is 15.8. The standard InChI is InChI=1S/C24H31Cl2FN2O4/c1-16-2-3-21(11-24(16)27)32-14-18(30)12-28-17-6-8-29(9-7-17)13-19(31)15-33-20-4-5-22(25)23(26)10-20/h2-5,10-11,17-19,28,30-31H,6-9,12-15H2,1H3/t18-,19+/m0/s1. The molecule has 1 fully saturated rings. The molecule has 0 spiro atoms. The fraction of sp³-hybridized carbons (Fsp3) is 0.500. The van der Waals surface area contributed by atoms with E-state index in [9.17, 15) is 14.6 Å². The smallest absolute Gasteiger partial charge is 0.129 e. The lowest BCUT2D eigenvalue weighted by Gasteiger charge is -2.33. The first-order valence-corrected chi connectivity index (χ1v) is 11.8. The topological polar surface area (TPSA) is 74.2 Å². The number of aliphatic hydroxyl groups excluding tert-OH is 2. The summed E-state index contributed by atoms with van der Waals surface area (Å²) in [5.41, 5.74) is 0.558. The lowest BCUT2D eigenvalue weighted by Crippen LogP contribution is -2.47. The second-order valence-electron chi connectivity index (χ2n) is 8.40. The molecule has 1 heterocycles. The number of rotatable bonds is 11. The lowest BCUT2D eigenvalue weighted by atomic mass is 10.0. The van der Waals surface area contributed by atoms with Crippen LogP contribution in [0.3, 0.4) is 0 Å². The molecule has 182 valence electrons. The summed E-state index contributed by atoms with van der Waals surface area (Å²) < 4.78 is 24.6. The normalized spacial score (nSPS) is 17.0. The molecule has 1 saturated heterocycles. The van der Waals surface area contributed by atoms with Crippen molar-refractivity contribution in [3.05, 3.63) is 57.8 Å². The van der Waals surface area contributed by atoms with Gasteiger partial charge in [-0.15, -0.1) is 0 Å². The Morgan fingerprint density at radius 2 is 1.64 bits per heavy atom. The van der Waals surface area contributed by atoms with Crippen LogP contribution < -0.4 is 14.8 Å². The van der Waals surface area contributed by atoms with E-state index in [2.05, 4.69) is 10.2 Å². The minimum atomic E-state index is -0.687. The summed E-state index contributed by atoms with van der Waals surface area (Å²) in [4.78, 5) is 2.20. The molecule has 0 amide bonds. The number of aliphatic hydroxyl groups is 2. The van der Waals surface area contributed by atoms with Crippen LogP contribution >= 0.6 is 23.2 Å². The van der Waals surface area contributed by atoms with Crippen molar-refractivity contribution < 1.29 is 24.1 Å². The van der Waals surface area contributed by atoms with Crippen LogP contribution in [0, 0.1) is 12.7 Å². The average molecular weight is 501 g/mol. The van der Waals surface area contributed by atoms with Gasteiger partial charge in [0.15, 0.2) is 0 Å². The van der Waals surface area contributed by atoms with Crippen molar-refractivity contribution in [2.24, 2.45) is 0 Å². The molecule has 9 heteroatoms. The van der Waals surface area contributed by atoms with Crippen molar-refractivity contribution in [3.63, 3.8) is 0 Å². The Bertz CT molecular complexity index is 897. The Labute approximate surface area is 204 Å². The van der Waals surface area contributed by atoms with Gasteiger partial charge in [-0.2, -0.15) is 0 Å². The molecule has 0 aromatic heterocycles. The molecule has 0 bridgehead atoms. The molecular formula is C24H31Cl2FN2O4. The third kappa shape index (κ3) is 8.59. The number of nitrogens with zero attached hydrogens (tertiary/aromatic N) is 1. The number of ether oxygens (including phenoxy) is 2. The highest BCUT2D eigenvalue weighted by atomic mass is 35.5. The maximum atomic E-state index is 13.6. The van der Waals surface area contributed by atoms with Gasteiger partial charge in [-0.25, -0.2) is 4.39 Å². The minimum Gasteiger partial charge on any atom is -0.491 e. The third-order valence-corrected chi connectivity index (χ3v) is 6.36. The van der Waals surface area contributed by atoms with Crippen LogP contribution in [0.4, 0.5) is 4.39 Å². The van der Waals surface area contributed by atoms with Crippen molar-refractivity contribution in [2.45, 2.75) is 38.0 Å². The number of halogens is 3. The largest absolute Gasteiger partial charge is 0.491 e. The molecule has 0 aliphatic carbocycles. The summed E-state index contributed by atoms with van der Waals surface area (Å²) in [5, 5.41) is 24.7.